The predicted octanol–water partition coefficient (Wildman–Crippen LogP) is 4.85. The molecule has 0 unspecified atom stereocenters. The van der Waals surface area contributed by atoms with Gasteiger partial charge in [0.1, 0.15) is 5.69 Å². The van der Waals surface area contributed by atoms with Gasteiger partial charge in [0, 0.05) is 18.9 Å². The molecule has 0 saturated carbocycles. The molecule has 3 aromatic rings. The van der Waals surface area contributed by atoms with Crippen LogP contribution in [-0.2, 0) is 0 Å². The van der Waals surface area contributed by atoms with Crippen LogP contribution in [0, 0.1) is 5.92 Å². The Balaban J connectivity index is 1.43. The number of piperidine rings is 1. The minimum atomic E-state index is -0.143. The second kappa shape index (κ2) is 11.0. The maximum atomic E-state index is 12.9. The van der Waals surface area contributed by atoms with Crippen LogP contribution in [0.3, 0.4) is 0 Å². The number of carbonyl (C=O) groups excluding carboxylic acids is 1. The van der Waals surface area contributed by atoms with Crippen LogP contribution in [0.4, 0.5) is 0 Å². The van der Waals surface area contributed by atoms with Gasteiger partial charge < -0.3 is 10.2 Å². The summed E-state index contributed by atoms with van der Waals surface area (Å²) in [6, 6.07) is 21.9. The third kappa shape index (κ3) is 5.80. The predicted molar refractivity (Wildman–Crippen MR) is 127 cm³/mol. The molecule has 1 amide bonds. The van der Waals surface area contributed by atoms with Gasteiger partial charge in [-0.25, -0.2) is 0 Å². The molecule has 1 saturated heterocycles. The van der Waals surface area contributed by atoms with Crippen LogP contribution in [0.1, 0.15) is 59.9 Å². The lowest BCUT2D eigenvalue weighted by Gasteiger charge is -2.37. The van der Waals surface area contributed by atoms with Crippen LogP contribution < -0.4 is 5.32 Å². The lowest BCUT2D eigenvalue weighted by Crippen LogP contribution is -2.43. The van der Waals surface area contributed by atoms with E-state index < -0.39 is 0 Å². The van der Waals surface area contributed by atoms with Gasteiger partial charge in [0.2, 0.25) is 0 Å². The number of nitrogens with one attached hydrogen (secondary N) is 1. The molecular formula is C27H32N4O. The molecule has 1 aromatic carbocycles. The van der Waals surface area contributed by atoms with E-state index in [4.69, 9.17) is 0 Å². The zero-order chi connectivity index (χ0) is 22.2. The SMILES string of the molecule is C[C@H](CCN1CCC[C@H]([C@H](NC(=O)c2ccccn2)c2ccccn2)C1)c1ccccc1. The molecule has 1 aliphatic rings. The molecule has 2 aromatic heterocycles. The summed E-state index contributed by atoms with van der Waals surface area (Å²) in [5, 5.41) is 3.24. The van der Waals surface area contributed by atoms with Crippen molar-refractivity contribution in [2.24, 2.45) is 5.92 Å². The number of aromatic nitrogens is 2. The molecule has 32 heavy (non-hydrogen) atoms. The van der Waals surface area contributed by atoms with E-state index in [0.717, 1.165) is 44.6 Å². The maximum Gasteiger partial charge on any atom is 0.270 e. The molecule has 3 heterocycles. The number of hydrogen-bond donors (Lipinski definition) is 1. The molecule has 5 nitrogen and oxygen atoms in total. The molecular weight excluding hydrogens is 396 g/mol. The Bertz CT molecular complexity index is 965. The van der Waals surface area contributed by atoms with Crippen molar-refractivity contribution in [1.29, 1.82) is 0 Å². The molecule has 0 aliphatic carbocycles. The second-order valence-corrected chi connectivity index (χ2v) is 8.72. The standard InChI is InChI=1S/C27H32N4O/c1-21(22-10-3-2-4-11-22)15-19-31-18-9-12-23(20-31)26(24-13-5-7-16-28-24)30-27(32)25-14-6-8-17-29-25/h2-8,10-11,13-14,16-17,21,23,26H,9,12,15,18-20H2,1H3,(H,30,32)/t21-,23+,26+/m1/s1. The Hall–Kier alpha value is -3.05. The highest BCUT2D eigenvalue weighted by Crippen LogP contribution is 2.30. The quantitative estimate of drug-likeness (QED) is 0.557. The Morgan fingerprint density at radius 3 is 2.50 bits per heavy atom. The van der Waals surface area contributed by atoms with Crippen molar-refractivity contribution in [2.75, 3.05) is 19.6 Å². The second-order valence-electron chi connectivity index (χ2n) is 8.72. The summed E-state index contributed by atoms with van der Waals surface area (Å²) < 4.78 is 0. The van der Waals surface area contributed by atoms with Crippen molar-refractivity contribution >= 4 is 5.91 Å². The Kier molecular flexibility index (Phi) is 7.62. The van der Waals surface area contributed by atoms with Crippen molar-refractivity contribution in [3.8, 4) is 0 Å². The van der Waals surface area contributed by atoms with Crippen molar-refractivity contribution in [3.63, 3.8) is 0 Å². The Morgan fingerprint density at radius 1 is 1.03 bits per heavy atom. The zero-order valence-corrected chi connectivity index (χ0v) is 18.7. The number of pyridine rings is 2. The van der Waals surface area contributed by atoms with Gasteiger partial charge in [0.25, 0.3) is 5.91 Å². The molecule has 0 spiro atoms. The first-order valence-corrected chi connectivity index (χ1v) is 11.6. The van der Waals surface area contributed by atoms with Gasteiger partial charge in [0.05, 0.1) is 11.7 Å². The summed E-state index contributed by atoms with van der Waals surface area (Å²) in [6.07, 6.45) is 6.80. The molecule has 4 rings (SSSR count). The van der Waals surface area contributed by atoms with Gasteiger partial charge in [-0.05, 0) is 74.0 Å². The normalized spacial score (nSPS) is 18.6. The Morgan fingerprint density at radius 2 is 1.78 bits per heavy atom. The van der Waals surface area contributed by atoms with E-state index >= 15 is 0 Å². The molecule has 5 heteroatoms. The Labute approximate surface area is 190 Å². The fourth-order valence-electron chi connectivity index (χ4n) is 4.60. The van der Waals surface area contributed by atoms with Crippen molar-refractivity contribution in [2.45, 2.75) is 38.1 Å². The fourth-order valence-corrected chi connectivity index (χ4v) is 4.60. The van der Waals surface area contributed by atoms with E-state index in [9.17, 15) is 4.79 Å². The van der Waals surface area contributed by atoms with Gasteiger partial charge in [0.15, 0.2) is 0 Å². The molecule has 1 fully saturated rings. The van der Waals surface area contributed by atoms with E-state index in [-0.39, 0.29) is 11.9 Å². The van der Waals surface area contributed by atoms with Crippen LogP contribution in [0.25, 0.3) is 0 Å². The molecule has 0 bridgehead atoms. The number of benzene rings is 1. The highest BCUT2D eigenvalue weighted by molar-refractivity contribution is 5.92. The van der Waals surface area contributed by atoms with Gasteiger partial charge >= 0.3 is 0 Å². The number of nitrogens with zero attached hydrogens (tertiary/aromatic N) is 3. The largest absolute Gasteiger partial charge is 0.342 e. The van der Waals surface area contributed by atoms with E-state index in [1.165, 1.54) is 5.56 Å². The van der Waals surface area contributed by atoms with E-state index in [0.29, 0.717) is 17.5 Å². The van der Waals surface area contributed by atoms with Gasteiger partial charge in [-0.3, -0.25) is 14.8 Å². The van der Waals surface area contributed by atoms with Crippen LogP contribution in [-0.4, -0.2) is 40.4 Å². The van der Waals surface area contributed by atoms with E-state index in [1.54, 1.807) is 18.5 Å². The van der Waals surface area contributed by atoms with E-state index in [1.807, 2.05) is 30.3 Å². The highest BCUT2D eigenvalue weighted by Gasteiger charge is 2.31. The van der Waals surface area contributed by atoms with Crippen LogP contribution in [0.5, 0.6) is 0 Å². The summed E-state index contributed by atoms with van der Waals surface area (Å²) >= 11 is 0. The molecule has 0 radical (unpaired) electrons. The number of carbonyl (C=O) groups is 1. The first-order valence-electron chi connectivity index (χ1n) is 11.6. The monoisotopic (exact) mass is 428 g/mol. The van der Waals surface area contributed by atoms with E-state index in [2.05, 4.69) is 57.4 Å². The van der Waals surface area contributed by atoms with Crippen molar-refractivity contribution in [3.05, 3.63) is 96.1 Å². The first-order chi connectivity index (χ1) is 15.7. The third-order valence-corrected chi connectivity index (χ3v) is 6.45. The topological polar surface area (TPSA) is 58.1 Å². The summed E-state index contributed by atoms with van der Waals surface area (Å²) in [4.78, 5) is 24.3. The summed E-state index contributed by atoms with van der Waals surface area (Å²) in [5.74, 6) is 0.710. The number of rotatable bonds is 8. The maximum absolute atomic E-state index is 12.9. The molecule has 1 N–H and O–H groups in total. The average Bonchev–Trinajstić information content (AvgIpc) is 2.87. The number of likely N-dealkylation sites (tertiary alicyclic amines) is 1. The van der Waals surface area contributed by atoms with Gasteiger partial charge in [-0.2, -0.15) is 0 Å². The van der Waals surface area contributed by atoms with Gasteiger partial charge in [-0.15, -0.1) is 0 Å². The average molecular weight is 429 g/mol. The summed E-state index contributed by atoms with van der Waals surface area (Å²) in [7, 11) is 0. The number of amides is 1. The minimum Gasteiger partial charge on any atom is -0.342 e. The van der Waals surface area contributed by atoms with Crippen molar-refractivity contribution < 1.29 is 4.79 Å². The third-order valence-electron chi connectivity index (χ3n) is 6.45. The van der Waals surface area contributed by atoms with Crippen LogP contribution in [0.15, 0.2) is 79.1 Å². The zero-order valence-electron chi connectivity index (χ0n) is 18.7. The highest BCUT2D eigenvalue weighted by atomic mass is 16.1. The fraction of sp³-hybridized carbons (Fsp3) is 0.370. The molecule has 166 valence electrons. The molecule has 3 atom stereocenters. The first kappa shape index (κ1) is 22.2. The number of hydrogen-bond acceptors (Lipinski definition) is 4. The lowest BCUT2D eigenvalue weighted by atomic mass is 9.87. The lowest BCUT2D eigenvalue weighted by molar-refractivity contribution is 0.0873. The minimum absolute atomic E-state index is 0.125. The van der Waals surface area contributed by atoms with Crippen LogP contribution in [0.2, 0.25) is 0 Å². The van der Waals surface area contributed by atoms with Crippen LogP contribution >= 0.6 is 0 Å². The molecule has 1 aliphatic heterocycles. The smallest absolute Gasteiger partial charge is 0.270 e. The summed E-state index contributed by atoms with van der Waals surface area (Å²) in [6.45, 7) is 5.45. The summed E-state index contributed by atoms with van der Waals surface area (Å²) in [5.41, 5.74) is 2.76. The van der Waals surface area contributed by atoms with Gasteiger partial charge in [-0.1, -0.05) is 49.4 Å². The van der Waals surface area contributed by atoms with Crippen molar-refractivity contribution in [1.82, 2.24) is 20.2 Å².